The topological polar surface area (TPSA) is 105 Å². The zero-order valence-corrected chi connectivity index (χ0v) is 18.2. The minimum absolute atomic E-state index is 0.0282. The van der Waals surface area contributed by atoms with Gasteiger partial charge in [0.25, 0.3) is 0 Å². The summed E-state index contributed by atoms with van der Waals surface area (Å²) in [7, 11) is 0. The molecule has 0 heterocycles. The van der Waals surface area contributed by atoms with Gasteiger partial charge in [0.05, 0.1) is 19.1 Å². The molecule has 1 aromatic rings. The summed E-state index contributed by atoms with van der Waals surface area (Å²) < 4.78 is 5.61. The molecule has 0 fully saturated rings. The predicted molar refractivity (Wildman–Crippen MR) is 120 cm³/mol. The summed E-state index contributed by atoms with van der Waals surface area (Å²) in [5.74, 6) is -1.60. The maximum absolute atomic E-state index is 12.7. The van der Waals surface area contributed by atoms with Gasteiger partial charge in [0.1, 0.15) is 6.10 Å². The number of esters is 1. The number of amides is 2. The minimum atomic E-state index is -0.631. The Hall–Kier alpha value is -2.93. The molecular formula is C24H34N2O5. The molecule has 3 N–H and O–H groups in total. The smallest absolute Gasteiger partial charge is 0.306 e. The van der Waals surface area contributed by atoms with Gasteiger partial charge in [-0.15, -0.1) is 13.2 Å². The lowest BCUT2D eigenvalue weighted by atomic mass is 9.99. The molecule has 3 atom stereocenters. The maximum atomic E-state index is 12.7. The second-order valence-corrected chi connectivity index (χ2v) is 7.39. The molecule has 0 bridgehead atoms. The number of carbonyl (C=O) groups excluding carboxylic acids is 3. The summed E-state index contributed by atoms with van der Waals surface area (Å²) in [6.45, 7) is 8.89. The SMILES string of the molecule is C=CCCCC(=O)O[C@H](CNC(=O)[C@H](CC=C)CC(=O)N[C@H](C)CO)c1ccccc1. The average molecular weight is 431 g/mol. The van der Waals surface area contributed by atoms with Crippen molar-refractivity contribution in [2.45, 2.75) is 51.2 Å². The van der Waals surface area contributed by atoms with E-state index in [-0.39, 0.29) is 49.8 Å². The molecule has 0 aliphatic rings. The molecule has 0 aromatic heterocycles. The van der Waals surface area contributed by atoms with Gasteiger partial charge in [0.2, 0.25) is 11.8 Å². The molecule has 1 rings (SSSR count). The highest BCUT2D eigenvalue weighted by Gasteiger charge is 2.24. The first-order chi connectivity index (χ1) is 14.9. The lowest BCUT2D eigenvalue weighted by Crippen LogP contribution is -2.40. The van der Waals surface area contributed by atoms with Crippen molar-refractivity contribution in [2.24, 2.45) is 5.92 Å². The average Bonchev–Trinajstić information content (AvgIpc) is 2.76. The van der Waals surface area contributed by atoms with E-state index in [1.807, 2.05) is 30.3 Å². The third kappa shape index (κ3) is 10.6. The number of benzene rings is 1. The molecule has 1 aromatic carbocycles. The third-order valence-electron chi connectivity index (χ3n) is 4.63. The Morgan fingerprint density at radius 1 is 1.16 bits per heavy atom. The van der Waals surface area contributed by atoms with Crippen molar-refractivity contribution in [3.63, 3.8) is 0 Å². The van der Waals surface area contributed by atoms with Gasteiger partial charge < -0.3 is 20.5 Å². The zero-order chi connectivity index (χ0) is 23.1. The number of aliphatic hydroxyl groups excluding tert-OH is 1. The number of allylic oxidation sites excluding steroid dienone is 2. The fraction of sp³-hybridized carbons (Fsp3) is 0.458. The Morgan fingerprint density at radius 3 is 2.48 bits per heavy atom. The number of aliphatic hydroxyl groups is 1. The van der Waals surface area contributed by atoms with E-state index in [4.69, 9.17) is 9.84 Å². The van der Waals surface area contributed by atoms with Crippen LogP contribution in [-0.2, 0) is 19.1 Å². The van der Waals surface area contributed by atoms with Crippen LogP contribution in [0.25, 0.3) is 0 Å². The third-order valence-corrected chi connectivity index (χ3v) is 4.63. The van der Waals surface area contributed by atoms with Crippen LogP contribution in [-0.4, -0.2) is 42.1 Å². The normalized spacial score (nSPS) is 13.4. The second-order valence-electron chi connectivity index (χ2n) is 7.39. The molecule has 7 nitrogen and oxygen atoms in total. The lowest BCUT2D eigenvalue weighted by Gasteiger charge is -2.21. The lowest BCUT2D eigenvalue weighted by molar-refractivity contribution is -0.150. The standard InChI is InChI=1S/C24H34N2O5/c1-4-6-8-14-23(29)31-21(19-12-9-7-10-13-19)16-25-24(30)20(11-5-2)15-22(28)26-18(3)17-27/h4-5,7,9-10,12-13,18,20-21,27H,1-2,6,8,11,14-17H2,3H3,(H,25,30)(H,26,28)/t18-,20-,21-/m1/s1. The molecule has 7 heteroatoms. The van der Waals surface area contributed by atoms with E-state index >= 15 is 0 Å². The Labute approximate surface area is 184 Å². The number of ether oxygens (including phenoxy) is 1. The summed E-state index contributed by atoms with van der Waals surface area (Å²) in [5.41, 5.74) is 0.773. The monoisotopic (exact) mass is 430 g/mol. The number of nitrogens with one attached hydrogen (secondary N) is 2. The molecule has 31 heavy (non-hydrogen) atoms. The fourth-order valence-electron chi connectivity index (χ4n) is 2.93. The fourth-order valence-corrected chi connectivity index (χ4v) is 2.93. The van der Waals surface area contributed by atoms with Crippen LogP contribution in [0.1, 0.15) is 50.7 Å². The molecule has 0 radical (unpaired) electrons. The van der Waals surface area contributed by atoms with Crippen molar-refractivity contribution >= 4 is 17.8 Å². The minimum Gasteiger partial charge on any atom is -0.456 e. The van der Waals surface area contributed by atoms with Crippen LogP contribution < -0.4 is 10.6 Å². The molecule has 0 saturated heterocycles. The van der Waals surface area contributed by atoms with Gasteiger partial charge in [0.15, 0.2) is 0 Å². The Kier molecular flexibility index (Phi) is 12.6. The molecule has 2 amide bonds. The van der Waals surface area contributed by atoms with Crippen LogP contribution >= 0.6 is 0 Å². The maximum Gasteiger partial charge on any atom is 0.306 e. The summed E-state index contributed by atoms with van der Waals surface area (Å²) in [5, 5.41) is 14.5. The summed E-state index contributed by atoms with van der Waals surface area (Å²) in [6.07, 6.45) is 4.64. The van der Waals surface area contributed by atoms with Crippen molar-refractivity contribution in [3.8, 4) is 0 Å². The quantitative estimate of drug-likeness (QED) is 0.225. The Bertz CT molecular complexity index is 720. The van der Waals surface area contributed by atoms with Gasteiger partial charge in [-0.1, -0.05) is 42.5 Å². The van der Waals surface area contributed by atoms with Gasteiger partial charge in [0, 0.05) is 18.9 Å². The summed E-state index contributed by atoms with van der Waals surface area (Å²) in [6, 6.07) is 8.81. The van der Waals surface area contributed by atoms with E-state index in [1.54, 1.807) is 19.1 Å². The van der Waals surface area contributed by atoms with E-state index in [0.29, 0.717) is 12.8 Å². The highest BCUT2D eigenvalue weighted by molar-refractivity contribution is 5.86. The second kappa shape index (κ2) is 15.0. The predicted octanol–water partition coefficient (Wildman–Crippen LogP) is 2.82. The number of hydrogen-bond acceptors (Lipinski definition) is 5. The van der Waals surface area contributed by atoms with E-state index in [9.17, 15) is 14.4 Å². The van der Waals surface area contributed by atoms with Crippen molar-refractivity contribution in [2.75, 3.05) is 13.2 Å². The highest BCUT2D eigenvalue weighted by Crippen LogP contribution is 2.19. The van der Waals surface area contributed by atoms with Crippen LogP contribution in [0.2, 0.25) is 0 Å². The zero-order valence-electron chi connectivity index (χ0n) is 18.2. The molecule has 0 spiro atoms. The molecule has 170 valence electrons. The van der Waals surface area contributed by atoms with Gasteiger partial charge in [-0.3, -0.25) is 14.4 Å². The van der Waals surface area contributed by atoms with Gasteiger partial charge >= 0.3 is 5.97 Å². The van der Waals surface area contributed by atoms with Crippen LogP contribution in [0, 0.1) is 5.92 Å². The van der Waals surface area contributed by atoms with E-state index in [2.05, 4.69) is 23.8 Å². The number of unbranched alkanes of at least 4 members (excludes halogenated alkanes) is 1. The van der Waals surface area contributed by atoms with Crippen LogP contribution in [0.3, 0.4) is 0 Å². The number of carbonyl (C=O) groups is 3. The largest absolute Gasteiger partial charge is 0.456 e. The Morgan fingerprint density at radius 2 is 1.87 bits per heavy atom. The number of rotatable bonds is 15. The van der Waals surface area contributed by atoms with Crippen LogP contribution in [0.5, 0.6) is 0 Å². The summed E-state index contributed by atoms with van der Waals surface area (Å²) >= 11 is 0. The van der Waals surface area contributed by atoms with Crippen molar-refractivity contribution < 1.29 is 24.2 Å². The van der Waals surface area contributed by atoms with E-state index < -0.39 is 12.0 Å². The van der Waals surface area contributed by atoms with Gasteiger partial charge in [-0.05, 0) is 31.7 Å². The number of hydrogen-bond donors (Lipinski definition) is 3. The molecule has 0 aliphatic heterocycles. The van der Waals surface area contributed by atoms with E-state index in [0.717, 1.165) is 12.0 Å². The van der Waals surface area contributed by atoms with Crippen molar-refractivity contribution in [1.82, 2.24) is 10.6 Å². The highest BCUT2D eigenvalue weighted by atomic mass is 16.5. The molecular weight excluding hydrogens is 396 g/mol. The van der Waals surface area contributed by atoms with Gasteiger partial charge in [-0.2, -0.15) is 0 Å². The molecule has 0 aliphatic carbocycles. The molecule has 0 unspecified atom stereocenters. The van der Waals surface area contributed by atoms with Crippen molar-refractivity contribution in [1.29, 1.82) is 0 Å². The van der Waals surface area contributed by atoms with Crippen molar-refractivity contribution in [3.05, 3.63) is 61.2 Å². The van der Waals surface area contributed by atoms with Gasteiger partial charge in [-0.25, -0.2) is 0 Å². The van der Waals surface area contributed by atoms with E-state index in [1.165, 1.54) is 0 Å². The van der Waals surface area contributed by atoms with Crippen LogP contribution in [0.4, 0.5) is 0 Å². The first-order valence-electron chi connectivity index (χ1n) is 10.5. The summed E-state index contributed by atoms with van der Waals surface area (Å²) in [4.78, 5) is 37.0. The Balaban J connectivity index is 2.75. The molecule has 0 saturated carbocycles. The first kappa shape index (κ1) is 26.1. The first-order valence-corrected chi connectivity index (χ1v) is 10.5. The van der Waals surface area contributed by atoms with Crippen LogP contribution in [0.15, 0.2) is 55.6 Å².